The van der Waals surface area contributed by atoms with Crippen LogP contribution in [0.4, 0.5) is 0 Å². The number of fused-ring (bicyclic) bond motifs is 1. The molecule has 100 valence electrons. The van der Waals surface area contributed by atoms with E-state index >= 15 is 0 Å². The van der Waals surface area contributed by atoms with Crippen LogP contribution in [0.2, 0.25) is 0 Å². The van der Waals surface area contributed by atoms with Gasteiger partial charge in [-0.15, -0.1) is 0 Å². The highest BCUT2D eigenvalue weighted by molar-refractivity contribution is 5.96. The van der Waals surface area contributed by atoms with Crippen LogP contribution in [0, 0.1) is 11.3 Å². The molecule has 4 aliphatic carbocycles. The lowest BCUT2D eigenvalue weighted by Crippen LogP contribution is -2.50. The van der Waals surface area contributed by atoms with Gasteiger partial charge in [0.05, 0.1) is 0 Å². The second-order valence-electron chi connectivity index (χ2n) is 7.25. The lowest BCUT2D eigenvalue weighted by atomic mass is 9.45. The predicted octanol–water partition coefficient (Wildman–Crippen LogP) is 3.85. The number of rotatable bonds is 0. The van der Waals surface area contributed by atoms with E-state index in [4.69, 9.17) is 4.98 Å². The number of ketones is 1. The molecule has 0 spiro atoms. The Labute approximate surface area is 114 Å². The van der Waals surface area contributed by atoms with Crippen LogP contribution in [0.5, 0.6) is 0 Å². The third-order valence-electron chi connectivity index (χ3n) is 6.03. The SMILES string of the molecule is C[C@@H]1c2nc3c(cc2[C@@H]2C[C@H]1C2(C)C)CCCC3=O. The van der Waals surface area contributed by atoms with Gasteiger partial charge in [0.1, 0.15) is 5.69 Å². The summed E-state index contributed by atoms with van der Waals surface area (Å²) >= 11 is 0. The number of Topliss-reactive ketones (excluding diaryl/α,β-unsaturated/α-hetero) is 1. The molecule has 1 saturated carbocycles. The van der Waals surface area contributed by atoms with Crippen molar-refractivity contribution in [2.45, 2.75) is 58.3 Å². The van der Waals surface area contributed by atoms with E-state index in [2.05, 4.69) is 26.8 Å². The number of pyridine rings is 1. The molecule has 1 aromatic heterocycles. The maximum atomic E-state index is 12.0. The molecule has 0 N–H and O–H groups in total. The average molecular weight is 255 g/mol. The van der Waals surface area contributed by atoms with E-state index < -0.39 is 0 Å². The lowest BCUT2D eigenvalue weighted by Gasteiger charge is -2.59. The van der Waals surface area contributed by atoms with Crippen molar-refractivity contribution >= 4 is 5.78 Å². The van der Waals surface area contributed by atoms with Crippen molar-refractivity contribution in [3.8, 4) is 0 Å². The first-order chi connectivity index (χ1) is 9.00. The van der Waals surface area contributed by atoms with E-state index in [-0.39, 0.29) is 5.78 Å². The summed E-state index contributed by atoms with van der Waals surface area (Å²) in [6, 6.07) is 2.33. The van der Waals surface area contributed by atoms with E-state index in [0.717, 1.165) is 24.5 Å². The maximum absolute atomic E-state index is 12.0. The summed E-state index contributed by atoms with van der Waals surface area (Å²) in [4.78, 5) is 16.8. The normalized spacial score (nSPS) is 34.3. The fourth-order valence-electron chi connectivity index (χ4n) is 4.75. The Balaban J connectivity index is 1.91. The van der Waals surface area contributed by atoms with Gasteiger partial charge in [-0.1, -0.05) is 26.8 Å². The van der Waals surface area contributed by atoms with E-state index in [1.807, 2.05) is 0 Å². The minimum absolute atomic E-state index is 0.259. The number of aryl methyl sites for hydroxylation is 1. The molecule has 0 unspecified atom stereocenters. The molecule has 5 rings (SSSR count). The van der Waals surface area contributed by atoms with Crippen LogP contribution < -0.4 is 0 Å². The molecular formula is C17H21NO. The molecule has 1 aromatic rings. The summed E-state index contributed by atoms with van der Waals surface area (Å²) in [6.45, 7) is 7.10. The molecule has 2 nitrogen and oxygen atoms in total. The number of carbonyl (C=O) groups excluding carboxylic acids is 1. The third kappa shape index (κ3) is 1.32. The Hall–Kier alpha value is -1.18. The van der Waals surface area contributed by atoms with Gasteiger partial charge in [0, 0.05) is 18.0 Å². The van der Waals surface area contributed by atoms with Crippen molar-refractivity contribution in [2.75, 3.05) is 0 Å². The van der Waals surface area contributed by atoms with Crippen LogP contribution in [-0.2, 0) is 6.42 Å². The van der Waals surface area contributed by atoms with Gasteiger partial charge in [0.25, 0.3) is 0 Å². The molecular weight excluding hydrogens is 234 g/mol. The number of hydrogen-bond acceptors (Lipinski definition) is 2. The molecule has 2 heteroatoms. The second kappa shape index (κ2) is 3.47. The second-order valence-corrected chi connectivity index (χ2v) is 7.25. The van der Waals surface area contributed by atoms with E-state index in [1.165, 1.54) is 23.2 Å². The summed E-state index contributed by atoms with van der Waals surface area (Å²) in [5.74, 6) is 2.18. The van der Waals surface area contributed by atoms with Gasteiger partial charge in [0.2, 0.25) is 0 Å². The van der Waals surface area contributed by atoms with Crippen LogP contribution in [-0.4, -0.2) is 10.8 Å². The zero-order valence-corrected chi connectivity index (χ0v) is 12.0. The fraction of sp³-hybridized carbons (Fsp3) is 0.647. The Bertz CT molecular complexity index is 587. The largest absolute Gasteiger partial charge is 0.292 e. The Kier molecular flexibility index (Phi) is 2.13. The molecule has 0 aliphatic heterocycles. The molecule has 19 heavy (non-hydrogen) atoms. The number of carbonyl (C=O) groups is 1. The average Bonchev–Trinajstić information content (AvgIpc) is 2.37. The minimum atomic E-state index is 0.259. The minimum Gasteiger partial charge on any atom is -0.292 e. The highest BCUT2D eigenvalue weighted by Crippen LogP contribution is 2.66. The molecule has 4 aliphatic rings. The van der Waals surface area contributed by atoms with Gasteiger partial charge in [-0.2, -0.15) is 0 Å². The third-order valence-corrected chi connectivity index (χ3v) is 6.03. The smallest absolute Gasteiger partial charge is 0.181 e. The monoisotopic (exact) mass is 255 g/mol. The highest BCUT2D eigenvalue weighted by atomic mass is 16.1. The van der Waals surface area contributed by atoms with E-state index in [9.17, 15) is 4.79 Å². The molecule has 3 atom stereocenters. The Morgan fingerprint density at radius 1 is 1.32 bits per heavy atom. The van der Waals surface area contributed by atoms with Crippen LogP contribution in [0.3, 0.4) is 0 Å². The predicted molar refractivity (Wildman–Crippen MR) is 74.5 cm³/mol. The fourth-order valence-corrected chi connectivity index (χ4v) is 4.75. The first-order valence-corrected chi connectivity index (χ1v) is 7.57. The molecule has 2 bridgehead atoms. The van der Waals surface area contributed by atoms with Gasteiger partial charge in [-0.05, 0) is 47.6 Å². The zero-order chi connectivity index (χ0) is 13.4. The summed E-state index contributed by atoms with van der Waals surface area (Å²) in [6.07, 6.45) is 4.03. The molecule has 0 amide bonds. The van der Waals surface area contributed by atoms with Crippen LogP contribution in [0.1, 0.15) is 79.2 Å². The number of aromatic nitrogens is 1. The van der Waals surface area contributed by atoms with Crippen molar-refractivity contribution < 1.29 is 4.79 Å². The molecule has 1 heterocycles. The summed E-state index contributed by atoms with van der Waals surface area (Å²) < 4.78 is 0. The first kappa shape index (κ1) is 11.6. The van der Waals surface area contributed by atoms with Crippen molar-refractivity contribution in [3.05, 3.63) is 28.6 Å². The van der Waals surface area contributed by atoms with E-state index in [0.29, 0.717) is 23.7 Å². The van der Waals surface area contributed by atoms with Gasteiger partial charge >= 0.3 is 0 Å². The number of hydrogen-bond donors (Lipinski definition) is 0. The molecule has 0 radical (unpaired) electrons. The highest BCUT2D eigenvalue weighted by Gasteiger charge is 2.56. The van der Waals surface area contributed by atoms with Gasteiger partial charge in [-0.25, -0.2) is 4.98 Å². The van der Waals surface area contributed by atoms with Crippen molar-refractivity contribution in [1.82, 2.24) is 4.98 Å². The Morgan fingerprint density at radius 2 is 2.11 bits per heavy atom. The molecule has 0 saturated heterocycles. The lowest BCUT2D eigenvalue weighted by molar-refractivity contribution is -0.00293. The number of nitrogens with zero attached hydrogens (tertiary/aromatic N) is 1. The summed E-state index contributed by atoms with van der Waals surface area (Å²) in [7, 11) is 0. The van der Waals surface area contributed by atoms with Crippen LogP contribution in [0.15, 0.2) is 6.07 Å². The summed E-state index contributed by atoms with van der Waals surface area (Å²) in [5, 5.41) is 0. The van der Waals surface area contributed by atoms with Crippen LogP contribution >= 0.6 is 0 Å². The van der Waals surface area contributed by atoms with Gasteiger partial charge < -0.3 is 0 Å². The quantitative estimate of drug-likeness (QED) is 0.705. The maximum Gasteiger partial charge on any atom is 0.181 e. The van der Waals surface area contributed by atoms with Crippen molar-refractivity contribution in [1.29, 1.82) is 0 Å². The Morgan fingerprint density at radius 3 is 2.84 bits per heavy atom. The van der Waals surface area contributed by atoms with Crippen molar-refractivity contribution in [3.63, 3.8) is 0 Å². The standard InChI is InChI=1S/C17H21NO/c1-9-12-8-13(17(12,2)3)11-7-10-5-4-6-14(19)16(10)18-15(9)11/h7,9,12-13H,4-6,8H2,1-3H3/t9-,12+,13-/m0/s1. The first-order valence-electron chi connectivity index (χ1n) is 7.57. The molecule has 1 fully saturated rings. The van der Waals surface area contributed by atoms with E-state index in [1.54, 1.807) is 0 Å². The summed E-state index contributed by atoms with van der Waals surface area (Å²) in [5.41, 5.74) is 5.10. The molecule has 0 aromatic carbocycles. The van der Waals surface area contributed by atoms with Gasteiger partial charge in [-0.3, -0.25) is 4.79 Å². The van der Waals surface area contributed by atoms with Crippen molar-refractivity contribution in [2.24, 2.45) is 11.3 Å². The zero-order valence-electron chi connectivity index (χ0n) is 12.0. The van der Waals surface area contributed by atoms with Gasteiger partial charge in [0.15, 0.2) is 5.78 Å². The van der Waals surface area contributed by atoms with Crippen LogP contribution in [0.25, 0.3) is 0 Å². The topological polar surface area (TPSA) is 30.0 Å².